The highest BCUT2D eigenvalue weighted by Crippen LogP contribution is 2.60. The van der Waals surface area contributed by atoms with E-state index in [4.69, 9.17) is 0 Å². The van der Waals surface area contributed by atoms with Crippen LogP contribution in [-0.2, 0) is 9.59 Å². The third-order valence-electron chi connectivity index (χ3n) is 7.97. The minimum absolute atomic E-state index is 0.111. The topological polar surface area (TPSA) is 52.7 Å². The van der Waals surface area contributed by atoms with Crippen molar-refractivity contribution in [2.75, 3.05) is 37.6 Å². The normalized spacial score (nSPS) is 32.4. The summed E-state index contributed by atoms with van der Waals surface area (Å²) in [7, 11) is 0. The molecule has 1 aromatic rings. The third-order valence-corrected chi connectivity index (χ3v) is 7.97. The largest absolute Gasteiger partial charge is 0.368 e. The van der Waals surface area contributed by atoms with Crippen LogP contribution in [0.3, 0.4) is 0 Å². The summed E-state index contributed by atoms with van der Waals surface area (Å²) in [5, 5.41) is 3.12. The van der Waals surface area contributed by atoms with Gasteiger partial charge >= 0.3 is 0 Å². The molecule has 4 aliphatic carbocycles. The van der Waals surface area contributed by atoms with Crippen molar-refractivity contribution in [2.24, 2.45) is 23.2 Å². The Bertz CT molecular complexity index is 766. The summed E-state index contributed by atoms with van der Waals surface area (Å²) in [5.41, 5.74) is 0.852. The van der Waals surface area contributed by atoms with Crippen LogP contribution in [0, 0.1) is 29.0 Å². The van der Waals surface area contributed by atoms with E-state index in [1.165, 1.54) is 31.4 Å². The third kappa shape index (κ3) is 3.81. The van der Waals surface area contributed by atoms with Crippen LogP contribution in [-0.4, -0.2) is 49.4 Å². The number of nitrogens with one attached hydrogen (secondary N) is 1. The summed E-state index contributed by atoms with van der Waals surface area (Å²) in [6.45, 7) is 3.27. The molecule has 6 rings (SSSR count). The summed E-state index contributed by atoms with van der Waals surface area (Å²) in [6, 6.07) is 6.51. The number of rotatable bonds is 5. The number of carbonyl (C=O) groups excluding carboxylic acids is 2. The summed E-state index contributed by atoms with van der Waals surface area (Å²) in [6.07, 6.45) is 7.53. The monoisotopic (exact) mass is 413 g/mol. The summed E-state index contributed by atoms with van der Waals surface area (Å²) in [4.78, 5) is 29.7. The van der Waals surface area contributed by atoms with Crippen LogP contribution in [0.15, 0.2) is 24.3 Å². The fraction of sp³-hybridized carbons (Fsp3) is 0.667. The van der Waals surface area contributed by atoms with Gasteiger partial charge in [0, 0.05) is 50.2 Å². The van der Waals surface area contributed by atoms with Crippen LogP contribution < -0.4 is 10.2 Å². The van der Waals surface area contributed by atoms with Crippen molar-refractivity contribution < 1.29 is 14.0 Å². The number of carbonyl (C=O) groups is 2. The molecule has 30 heavy (non-hydrogen) atoms. The fourth-order valence-corrected chi connectivity index (χ4v) is 6.88. The van der Waals surface area contributed by atoms with Crippen LogP contribution in [0.4, 0.5) is 10.1 Å². The Labute approximate surface area is 178 Å². The number of amides is 2. The van der Waals surface area contributed by atoms with Gasteiger partial charge in [0.05, 0.1) is 0 Å². The molecule has 5 aliphatic rings. The zero-order valence-electron chi connectivity index (χ0n) is 17.6. The lowest BCUT2D eigenvalue weighted by atomic mass is 9.49. The van der Waals surface area contributed by atoms with Gasteiger partial charge in [0.1, 0.15) is 5.82 Å². The molecular formula is C24H32FN3O2. The molecule has 0 unspecified atom stereocenters. The van der Waals surface area contributed by atoms with Crippen molar-refractivity contribution in [1.82, 2.24) is 10.2 Å². The Hall–Kier alpha value is -2.11. The van der Waals surface area contributed by atoms with Gasteiger partial charge in [0.25, 0.3) is 0 Å². The molecule has 4 saturated carbocycles. The molecule has 4 bridgehead atoms. The second-order valence-corrected chi connectivity index (χ2v) is 10.0. The minimum Gasteiger partial charge on any atom is -0.368 e. The molecule has 0 atom stereocenters. The molecule has 1 heterocycles. The SMILES string of the molecule is O=C(CCNC(=O)C12CC3CC(CC(C3)C1)C2)N1CCN(c2ccc(F)cc2)CC1. The molecule has 6 heteroatoms. The van der Waals surface area contributed by atoms with Crippen molar-refractivity contribution in [3.63, 3.8) is 0 Å². The van der Waals surface area contributed by atoms with Gasteiger partial charge in [0.15, 0.2) is 0 Å². The van der Waals surface area contributed by atoms with Gasteiger partial charge in [-0.1, -0.05) is 0 Å². The first-order valence-electron chi connectivity index (χ1n) is 11.6. The van der Waals surface area contributed by atoms with Gasteiger partial charge in [-0.05, 0) is 80.5 Å². The standard InChI is InChI=1S/C24H32FN3O2/c25-20-1-3-21(4-2-20)27-7-9-28(10-8-27)22(29)5-6-26-23(30)24-14-17-11-18(15-24)13-19(12-17)16-24/h1-4,17-19H,5-16H2,(H,26,30). The van der Waals surface area contributed by atoms with Crippen molar-refractivity contribution >= 4 is 17.5 Å². The average Bonchev–Trinajstić information content (AvgIpc) is 2.73. The Kier molecular flexibility index (Phi) is 5.19. The Morgan fingerprint density at radius 3 is 2.07 bits per heavy atom. The lowest BCUT2D eigenvalue weighted by Crippen LogP contribution is -2.54. The highest BCUT2D eigenvalue weighted by Gasteiger charge is 2.54. The first-order chi connectivity index (χ1) is 14.5. The smallest absolute Gasteiger partial charge is 0.226 e. The van der Waals surface area contributed by atoms with Crippen LogP contribution in [0.1, 0.15) is 44.9 Å². The van der Waals surface area contributed by atoms with E-state index in [-0.39, 0.29) is 23.0 Å². The number of halogens is 1. The van der Waals surface area contributed by atoms with Crippen LogP contribution in [0.5, 0.6) is 0 Å². The van der Waals surface area contributed by atoms with Gasteiger partial charge in [-0.15, -0.1) is 0 Å². The molecular weight excluding hydrogens is 381 g/mol. The molecule has 2 amide bonds. The van der Waals surface area contributed by atoms with E-state index in [0.29, 0.717) is 26.1 Å². The number of piperazine rings is 1. The predicted molar refractivity (Wildman–Crippen MR) is 113 cm³/mol. The molecule has 1 saturated heterocycles. The van der Waals surface area contributed by atoms with Gasteiger partial charge in [-0.25, -0.2) is 4.39 Å². The maximum absolute atomic E-state index is 13.1. The number of nitrogens with zero attached hydrogens (tertiary/aromatic N) is 2. The van der Waals surface area contributed by atoms with E-state index in [1.54, 1.807) is 12.1 Å². The van der Waals surface area contributed by atoms with Gasteiger partial charge < -0.3 is 15.1 Å². The Morgan fingerprint density at radius 1 is 0.933 bits per heavy atom. The summed E-state index contributed by atoms with van der Waals surface area (Å²) < 4.78 is 13.1. The number of hydrogen-bond acceptors (Lipinski definition) is 3. The second-order valence-electron chi connectivity index (χ2n) is 10.0. The number of benzene rings is 1. The molecule has 162 valence electrons. The Balaban J connectivity index is 1.07. The average molecular weight is 414 g/mol. The van der Waals surface area contributed by atoms with Crippen molar-refractivity contribution in [2.45, 2.75) is 44.9 Å². The molecule has 0 radical (unpaired) electrons. The van der Waals surface area contributed by atoms with Gasteiger partial charge in [-0.3, -0.25) is 9.59 Å². The molecule has 1 aromatic carbocycles. The number of anilines is 1. The molecule has 5 nitrogen and oxygen atoms in total. The molecule has 0 aromatic heterocycles. The summed E-state index contributed by atoms with van der Waals surface area (Å²) in [5.74, 6) is 2.33. The van der Waals surface area contributed by atoms with E-state index in [0.717, 1.165) is 55.8 Å². The first-order valence-corrected chi connectivity index (χ1v) is 11.6. The van der Waals surface area contributed by atoms with E-state index in [9.17, 15) is 14.0 Å². The van der Waals surface area contributed by atoms with E-state index in [1.807, 2.05) is 4.90 Å². The lowest BCUT2D eigenvalue weighted by molar-refractivity contribution is -0.146. The van der Waals surface area contributed by atoms with Crippen molar-refractivity contribution in [1.29, 1.82) is 0 Å². The fourth-order valence-electron chi connectivity index (χ4n) is 6.88. The highest BCUT2D eigenvalue weighted by molar-refractivity contribution is 5.84. The lowest BCUT2D eigenvalue weighted by Gasteiger charge is -2.55. The zero-order chi connectivity index (χ0) is 20.7. The predicted octanol–water partition coefficient (Wildman–Crippen LogP) is 3.20. The van der Waals surface area contributed by atoms with E-state index in [2.05, 4.69) is 10.2 Å². The quantitative estimate of drug-likeness (QED) is 0.807. The van der Waals surface area contributed by atoms with Gasteiger partial charge in [0.2, 0.25) is 11.8 Å². The van der Waals surface area contributed by atoms with Crippen LogP contribution in [0.2, 0.25) is 0 Å². The maximum Gasteiger partial charge on any atom is 0.226 e. The molecule has 1 N–H and O–H groups in total. The molecule has 1 aliphatic heterocycles. The highest BCUT2D eigenvalue weighted by atomic mass is 19.1. The van der Waals surface area contributed by atoms with Crippen LogP contribution >= 0.6 is 0 Å². The zero-order valence-corrected chi connectivity index (χ0v) is 17.6. The second kappa shape index (κ2) is 7.86. The maximum atomic E-state index is 13.1. The van der Waals surface area contributed by atoms with Crippen LogP contribution in [0.25, 0.3) is 0 Å². The first kappa shape index (κ1) is 19.8. The van der Waals surface area contributed by atoms with E-state index < -0.39 is 0 Å². The van der Waals surface area contributed by atoms with E-state index >= 15 is 0 Å². The minimum atomic E-state index is -0.233. The molecule has 0 spiro atoms. The Morgan fingerprint density at radius 2 is 1.50 bits per heavy atom. The summed E-state index contributed by atoms with van der Waals surface area (Å²) >= 11 is 0. The van der Waals surface area contributed by atoms with Crippen molar-refractivity contribution in [3.8, 4) is 0 Å². The number of hydrogen-bond donors (Lipinski definition) is 1. The molecule has 5 fully saturated rings. The van der Waals surface area contributed by atoms with Gasteiger partial charge in [-0.2, -0.15) is 0 Å². The van der Waals surface area contributed by atoms with Crippen molar-refractivity contribution in [3.05, 3.63) is 30.1 Å².